The molecule has 2 aliphatic carbocycles. The van der Waals surface area contributed by atoms with Crippen LogP contribution in [0.4, 0.5) is 0 Å². The molecule has 0 radical (unpaired) electrons. The van der Waals surface area contributed by atoms with Crippen molar-refractivity contribution in [3.63, 3.8) is 0 Å². The summed E-state index contributed by atoms with van der Waals surface area (Å²) in [7, 11) is 0. The van der Waals surface area contributed by atoms with Crippen LogP contribution in [0.25, 0.3) is 0 Å². The second-order valence-corrected chi connectivity index (χ2v) is 13.3. The number of Topliss-reactive ketones (excluding diaryl/α,β-unsaturated/α-hetero) is 3. The molecule has 0 N–H and O–H groups in total. The van der Waals surface area contributed by atoms with Gasteiger partial charge in [0.05, 0.1) is 24.3 Å². The van der Waals surface area contributed by atoms with Gasteiger partial charge in [-0.1, -0.05) is 38.1 Å². The smallest absolute Gasteiger partial charge is 0.306 e. The summed E-state index contributed by atoms with van der Waals surface area (Å²) in [6, 6.07) is 7.61. The zero-order chi connectivity index (χ0) is 29.1. The van der Waals surface area contributed by atoms with Crippen LogP contribution in [-0.4, -0.2) is 40.7 Å². The maximum atomic E-state index is 12.7. The van der Waals surface area contributed by atoms with E-state index in [9.17, 15) is 19.2 Å². The highest BCUT2D eigenvalue weighted by atomic mass is 16.6. The van der Waals surface area contributed by atoms with Gasteiger partial charge in [-0.3, -0.25) is 19.2 Å². The first kappa shape index (κ1) is 29.7. The van der Waals surface area contributed by atoms with Crippen molar-refractivity contribution in [1.29, 1.82) is 0 Å². The van der Waals surface area contributed by atoms with Crippen LogP contribution in [0.5, 0.6) is 5.75 Å². The zero-order valence-corrected chi connectivity index (χ0v) is 24.4. The van der Waals surface area contributed by atoms with E-state index in [0.29, 0.717) is 68.6 Å². The van der Waals surface area contributed by atoms with E-state index in [-0.39, 0.29) is 47.0 Å². The van der Waals surface area contributed by atoms with Crippen LogP contribution < -0.4 is 4.74 Å². The molecule has 0 saturated heterocycles. The van der Waals surface area contributed by atoms with Gasteiger partial charge in [0.15, 0.2) is 11.5 Å². The van der Waals surface area contributed by atoms with Crippen LogP contribution in [0, 0.1) is 10.8 Å². The molecule has 2 aromatic rings. The molecule has 0 amide bonds. The molecule has 0 atom stereocenters. The second kappa shape index (κ2) is 11.7. The Balaban J connectivity index is 1.18. The first-order valence-corrected chi connectivity index (χ1v) is 14.2. The maximum absolute atomic E-state index is 12.7. The standard InChI is InChI=1S/C32H41NO7/c1-30(2)19-25-29(26(36)20-30)27(40-33-25)15-21-8-10-24(11-9-21)38-14-6-7-28(37)39-31(3,4)12-13-32(5)17-22(34)16-23(35)18-32/h8-11H,6-7,12-20H2,1-5H3. The molecule has 0 unspecified atom stereocenters. The lowest BCUT2D eigenvalue weighted by molar-refractivity contribution is -0.158. The highest BCUT2D eigenvalue weighted by molar-refractivity contribution is 6.02. The van der Waals surface area contributed by atoms with E-state index in [1.165, 1.54) is 0 Å². The lowest BCUT2D eigenvalue weighted by Crippen LogP contribution is -2.35. The number of aromatic nitrogens is 1. The average molecular weight is 552 g/mol. The van der Waals surface area contributed by atoms with Crippen LogP contribution in [0.1, 0.15) is 113 Å². The maximum Gasteiger partial charge on any atom is 0.306 e. The Hall–Kier alpha value is -3.29. The van der Waals surface area contributed by atoms with Crippen molar-refractivity contribution in [2.75, 3.05) is 6.61 Å². The van der Waals surface area contributed by atoms with Gasteiger partial charge in [0, 0.05) is 32.1 Å². The number of carbonyl (C=O) groups excluding carboxylic acids is 4. The molecule has 0 bridgehead atoms. The van der Waals surface area contributed by atoms with E-state index in [2.05, 4.69) is 19.0 Å². The summed E-state index contributed by atoms with van der Waals surface area (Å²) < 4.78 is 17.0. The largest absolute Gasteiger partial charge is 0.494 e. The molecule has 0 aliphatic heterocycles. The predicted molar refractivity (Wildman–Crippen MR) is 148 cm³/mol. The minimum atomic E-state index is -0.677. The Morgan fingerprint density at radius 3 is 2.35 bits per heavy atom. The van der Waals surface area contributed by atoms with Crippen molar-refractivity contribution < 1.29 is 33.2 Å². The monoisotopic (exact) mass is 551 g/mol. The quantitative estimate of drug-likeness (QED) is 0.190. The van der Waals surface area contributed by atoms with Crippen molar-refractivity contribution in [3.05, 3.63) is 46.8 Å². The van der Waals surface area contributed by atoms with Gasteiger partial charge >= 0.3 is 5.97 Å². The summed E-state index contributed by atoms with van der Waals surface area (Å²) in [5.41, 5.74) is 1.26. The number of fused-ring (bicyclic) bond motifs is 1. The summed E-state index contributed by atoms with van der Waals surface area (Å²) in [4.78, 5) is 48.8. The molecule has 1 aromatic carbocycles. The molecule has 40 heavy (non-hydrogen) atoms. The molecule has 1 aromatic heterocycles. The molecule has 2 aliphatic rings. The van der Waals surface area contributed by atoms with Crippen molar-refractivity contribution in [1.82, 2.24) is 5.16 Å². The van der Waals surface area contributed by atoms with E-state index in [0.717, 1.165) is 17.7 Å². The number of benzene rings is 1. The molecule has 8 nitrogen and oxygen atoms in total. The third-order valence-electron chi connectivity index (χ3n) is 7.84. The minimum absolute atomic E-state index is 0.00256. The van der Waals surface area contributed by atoms with Crippen LogP contribution in [0.3, 0.4) is 0 Å². The van der Waals surface area contributed by atoms with Crippen LogP contribution in [-0.2, 0) is 32.0 Å². The Morgan fingerprint density at radius 2 is 1.68 bits per heavy atom. The Kier molecular flexibility index (Phi) is 8.66. The van der Waals surface area contributed by atoms with Gasteiger partial charge in [-0.25, -0.2) is 0 Å². The molecule has 8 heteroatoms. The number of hydrogen-bond acceptors (Lipinski definition) is 8. The van der Waals surface area contributed by atoms with Crippen LogP contribution in [0.2, 0.25) is 0 Å². The summed E-state index contributed by atoms with van der Waals surface area (Å²) in [6.45, 7) is 10.2. The average Bonchev–Trinajstić information content (AvgIpc) is 3.22. The molecule has 0 spiro atoms. The normalized spacial score (nSPS) is 18.4. The fourth-order valence-electron chi connectivity index (χ4n) is 5.80. The predicted octanol–water partition coefficient (Wildman–Crippen LogP) is 6.01. The van der Waals surface area contributed by atoms with Gasteiger partial charge in [-0.15, -0.1) is 0 Å². The number of rotatable bonds is 11. The molecular weight excluding hydrogens is 510 g/mol. The van der Waals surface area contributed by atoms with Crippen molar-refractivity contribution in [2.45, 2.75) is 104 Å². The number of nitrogens with zero attached hydrogens (tertiary/aromatic N) is 1. The molecular formula is C32H41NO7. The highest BCUT2D eigenvalue weighted by Gasteiger charge is 2.38. The second-order valence-electron chi connectivity index (χ2n) is 13.3. The number of carbonyl (C=O) groups is 4. The van der Waals surface area contributed by atoms with Crippen LogP contribution >= 0.6 is 0 Å². The summed E-state index contributed by atoms with van der Waals surface area (Å²) in [5.74, 6) is 1.10. The first-order valence-electron chi connectivity index (χ1n) is 14.2. The Bertz CT molecular complexity index is 1250. The minimum Gasteiger partial charge on any atom is -0.494 e. The third-order valence-corrected chi connectivity index (χ3v) is 7.84. The molecule has 4 rings (SSSR count). The SMILES string of the molecule is CC1(C)CC(=O)c2c(noc2Cc2ccc(OCCCC(=O)OC(C)(C)CCC3(C)CC(=O)CC(=O)C3)cc2)C1. The van der Waals surface area contributed by atoms with Gasteiger partial charge < -0.3 is 14.0 Å². The van der Waals surface area contributed by atoms with E-state index < -0.39 is 5.60 Å². The van der Waals surface area contributed by atoms with Gasteiger partial charge in [-0.2, -0.15) is 0 Å². The topological polar surface area (TPSA) is 113 Å². The van der Waals surface area contributed by atoms with Crippen molar-refractivity contribution in [3.8, 4) is 5.75 Å². The van der Waals surface area contributed by atoms with Gasteiger partial charge in [0.2, 0.25) is 0 Å². The fraction of sp³-hybridized carbons (Fsp3) is 0.594. The summed E-state index contributed by atoms with van der Waals surface area (Å²) in [5, 5.41) is 4.16. The highest BCUT2D eigenvalue weighted by Crippen LogP contribution is 2.39. The molecule has 1 saturated carbocycles. The summed E-state index contributed by atoms with van der Waals surface area (Å²) in [6.07, 6.45) is 4.56. The van der Waals surface area contributed by atoms with Gasteiger partial charge in [0.1, 0.15) is 22.9 Å². The zero-order valence-electron chi connectivity index (χ0n) is 24.4. The van der Waals surface area contributed by atoms with Gasteiger partial charge in [0.25, 0.3) is 0 Å². The number of hydrogen-bond donors (Lipinski definition) is 0. The first-order chi connectivity index (χ1) is 18.7. The Morgan fingerprint density at radius 1 is 1.00 bits per heavy atom. The van der Waals surface area contributed by atoms with E-state index in [4.69, 9.17) is 14.0 Å². The lowest BCUT2D eigenvalue weighted by atomic mass is 9.70. The molecule has 1 fully saturated rings. The summed E-state index contributed by atoms with van der Waals surface area (Å²) >= 11 is 0. The van der Waals surface area contributed by atoms with E-state index in [1.807, 2.05) is 45.0 Å². The number of ether oxygens (including phenoxy) is 2. The Labute approximate surface area is 236 Å². The van der Waals surface area contributed by atoms with Crippen molar-refractivity contribution >= 4 is 23.3 Å². The molecule has 216 valence electrons. The van der Waals surface area contributed by atoms with E-state index in [1.54, 1.807) is 0 Å². The number of esters is 1. The number of ketones is 3. The lowest BCUT2D eigenvalue weighted by Gasteiger charge is -2.35. The fourth-order valence-corrected chi connectivity index (χ4v) is 5.80. The van der Waals surface area contributed by atoms with Crippen molar-refractivity contribution in [2.24, 2.45) is 10.8 Å². The third kappa shape index (κ3) is 7.89. The van der Waals surface area contributed by atoms with Gasteiger partial charge in [-0.05, 0) is 68.1 Å². The molecule has 1 heterocycles. The van der Waals surface area contributed by atoms with Crippen LogP contribution in [0.15, 0.2) is 28.8 Å². The van der Waals surface area contributed by atoms with E-state index >= 15 is 0 Å².